The molecule has 114 valence electrons. The number of rotatable bonds is 6. The van der Waals surface area contributed by atoms with Crippen LogP contribution in [0.3, 0.4) is 0 Å². The molecule has 5 nitrogen and oxygen atoms in total. The zero-order chi connectivity index (χ0) is 15.4. The van der Waals surface area contributed by atoms with E-state index in [-0.39, 0.29) is 12.4 Å². The van der Waals surface area contributed by atoms with Gasteiger partial charge in [-0.2, -0.15) is 8.78 Å². The number of benzene rings is 1. The fourth-order valence-corrected chi connectivity index (χ4v) is 1.89. The van der Waals surface area contributed by atoms with Crippen molar-refractivity contribution in [2.45, 2.75) is 26.2 Å². The van der Waals surface area contributed by atoms with Crippen LogP contribution >= 0.6 is 0 Å². The highest BCUT2D eigenvalue weighted by Gasteiger charge is 2.14. The first-order chi connectivity index (χ1) is 10.0. The van der Waals surface area contributed by atoms with E-state index in [1.807, 2.05) is 0 Å². The summed E-state index contributed by atoms with van der Waals surface area (Å²) in [6.07, 6.45) is 1.72. The minimum absolute atomic E-state index is 0.101. The van der Waals surface area contributed by atoms with Gasteiger partial charge in [0.05, 0.1) is 13.2 Å². The molecule has 0 saturated carbocycles. The summed E-state index contributed by atoms with van der Waals surface area (Å²) in [5.74, 6) is 1.02. The summed E-state index contributed by atoms with van der Waals surface area (Å²) in [4.78, 5) is 3.83. The first-order valence-electron chi connectivity index (χ1n) is 6.31. The van der Waals surface area contributed by atoms with Crippen LogP contribution in [0.4, 0.5) is 8.78 Å². The third kappa shape index (κ3) is 3.49. The van der Waals surface area contributed by atoms with Gasteiger partial charge in [0.25, 0.3) is 0 Å². The van der Waals surface area contributed by atoms with Gasteiger partial charge in [-0.3, -0.25) is 4.57 Å². The van der Waals surface area contributed by atoms with Crippen molar-refractivity contribution >= 4 is 0 Å². The topological polar surface area (TPSA) is 56.5 Å². The lowest BCUT2D eigenvalue weighted by Crippen LogP contribution is -2.08. The van der Waals surface area contributed by atoms with Crippen molar-refractivity contribution in [1.29, 1.82) is 0 Å². The summed E-state index contributed by atoms with van der Waals surface area (Å²) in [6, 6.07) is 4.95. The zero-order valence-corrected chi connectivity index (χ0v) is 11.7. The molecule has 1 atom stereocenters. The summed E-state index contributed by atoms with van der Waals surface area (Å²) in [6.45, 7) is -1.22. The lowest BCUT2D eigenvalue weighted by atomic mass is 10.1. The molecule has 2 rings (SSSR count). The maximum atomic E-state index is 12.7. The van der Waals surface area contributed by atoms with Crippen molar-refractivity contribution in [3.63, 3.8) is 0 Å². The Morgan fingerprint density at radius 1 is 1.38 bits per heavy atom. The number of methoxy groups -OCH3 is 1. The van der Waals surface area contributed by atoms with Crippen molar-refractivity contribution in [2.24, 2.45) is 0 Å². The van der Waals surface area contributed by atoms with Crippen LogP contribution in [0.1, 0.15) is 31.0 Å². The van der Waals surface area contributed by atoms with E-state index >= 15 is 0 Å². The van der Waals surface area contributed by atoms with Crippen molar-refractivity contribution in [3.8, 4) is 11.5 Å². The molecule has 7 heteroatoms. The lowest BCUT2D eigenvalue weighted by Gasteiger charge is -2.15. The van der Waals surface area contributed by atoms with E-state index in [0.29, 0.717) is 17.1 Å². The Morgan fingerprint density at radius 2 is 2.14 bits per heavy atom. The predicted octanol–water partition coefficient (Wildman–Crippen LogP) is 2.92. The minimum Gasteiger partial charge on any atom is -0.497 e. The number of halogens is 2. The number of aliphatic hydroxyl groups is 1. The van der Waals surface area contributed by atoms with Crippen LogP contribution in [0.15, 0.2) is 30.6 Å². The second-order valence-electron chi connectivity index (χ2n) is 4.40. The molecule has 0 aliphatic carbocycles. The second-order valence-corrected chi connectivity index (χ2v) is 4.40. The number of nitrogens with zero attached hydrogens (tertiary/aromatic N) is 2. The monoisotopic (exact) mass is 298 g/mol. The van der Waals surface area contributed by atoms with E-state index in [0.717, 1.165) is 4.57 Å². The van der Waals surface area contributed by atoms with Gasteiger partial charge in [-0.05, 0) is 19.1 Å². The smallest absolute Gasteiger partial charge is 0.320 e. The Kier molecular flexibility index (Phi) is 4.74. The zero-order valence-electron chi connectivity index (χ0n) is 11.7. The normalized spacial score (nSPS) is 12.5. The van der Waals surface area contributed by atoms with Crippen LogP contribution in [0.2, 0.25) is 0 Å². The van der Waals surface area contributed by atoms with E-state index in [4.69, 9.17) is 9.47 Å². The Morgan fingerprint density at radius 3 is 2.76 bits per heavy atom. The quantitative estimate of drug-likeness (QED) is 0.891. The molecule has 1 aromatic carbocycles. The molecule has 21 heavy (non-hydrogen) atoms. The predicted molar refractivity (Wildman–Crippen MR) is 71.4 cm³/mol. The number of alkyl halides is 2. The van der Waals surface area contributed by atoms with Crippen molar-refractivity contribution < 1.29 is 23.4 Å². The van der Waals surface area contributed by atoms with Crippen LogP contribution in [-0.4, -0.2) is 21.8 Å². The van der Waals surface area contributed by atoms with Crippen LogP contribution in [0.25, 0.3) is 0 Å². The third-order valence-electron chi connectivity index (χ3n) is 2.99. The van der Waals surface area contributed by atoms with Gasteiger partial charge in [-0.25, -0.2) is 4.98 Å². The van der Waals surface area contributed by atoms with Gasteiger partial charge in [-0.15, -0.1) is 0 Å². The summed E-state index contributed by atoms with van der Waals surface area (Å²) >= 11 is 0. The van der Waals surface area contributed by atoms with Gasteiger partial charge in [-0.1, -0.05) is 0 Å². The molecule has 0 fully saturated rings. The summed E-state index contributed by atoms with van der Waals surface area (Å²) in [7, 11) is 1.50. The summed E-state index contributed by atoms with van der Waals surface area (Å²) in [5, 5.41) is 9.71. The maximum Gasteiger partial charge on any atom is 0.320 e. The average Bonchev–Trinajstić information content (AvgIpc) is 2.93. The molecule has 0 saturated heterocycles. The Balaban J connectivity index is 2.20. The Hall–Kier alpha value is -2.15. The van der Waals surface area contributed by atoms with E-state index < -0.39 is 12.7 Å². The van der Waals surface area contributed by atoms with Crippen molar-refractivity contribution in [1.82, 2.24) is 9.55 Å². The van der Waals surface area contributed by atoms with Crippen LogP contribution < -0.4 is 9.47 Å². The number of aliphatic hydroxyl groups excluding tert-OH is 1. The molecular formula is C14H16F2N2O3. The molecule has 0 unspecified atom stereocenters. The van der Waals surface area contributed by atoms with E-state index in [9.17, 15) is 13.9 Å². The molecule has 1 aromatic heterocycles. The molecule has 0 amide bonds. The molecule has 0 aliphatic heterocycles. The first-order valence-corrected chi connectivity index (χ1v) is 6.31. The number of aromatic nitrogens is 2. The number of hydrogen-bond donors (Lipinski definition) is 1. The number of imidazole rings is 1. The Bertz CT molecular complexity index is 600. The molecule has 0 spiro atoms. The molecule has 0 aliphatic rings. The average molecular weight is 298 g/mol. The van der Waals surface area contributed by atoms with Crippen LogP contribution in [-0.2, 0) is 6.61 Å². The highest BCUT2D eigenvalue weighted by Crippen LogP contribution is 2.30. The highest BCUT2D eigenvalue weighted by molar-refractivity contribution is 5.41. The third-order valence-corrected chi connectivity index (χ3v) is 2.99. The largest absolute Gasteiger partial charge is 0.497 e. The van der Waals surface area contributed by atoms with Gasteiger partial charge in [0.1, 0.15) is 18.1 Å². The molecule has 0 radical (unpaired) electrons. The second kappa shape index (κ2) is 6.53. The van der Waals surface area contributed by atoms with Crippen LogP contribution in [0.5, 0.6) is 11.5 Å². The minimum atomic E-state index is -2.67. The van der Waals surface area contributed by atoms with E-state index in [1.165, 1.54) is 19.5 Å². The highest BCUT2D eigenvalue weighted by atomic mass is 19.3. The van der Waals surface area contributed by atoms with Crippen LogP contribution in [0, 0.1) is 0 Å². The first kappa shape index (κ1) is 15.2. The maximum absolute atomic E-state index is 12.7. The van der Waals surface area contributed by atoms with Crippen molar-refractivity contribution in [3.05, 3.63) is 42.0 Å². The van der Waals surface area contributed by atoms with Gasteiger partial charge in [0.15, 0.2) is 5.82 Å². The summed E-state index contributed by atoms with van der Waals surface area (Å²) in [5.41, 5.74) is 0.547. The SMILES string of the molecule is COc1ccc([C@@H](C)O)c(OCc2nccn2C(F)F)c1. The molecule has 0 bridgehead atoms. The molecule has 2 aromatic rings. The number of hydrogen-bond acceptors (Lipinski definition) is 4. The van der Waals surface area contributed by atoms with Gasteiger partial charge in [0, 0.05) is 24.0 Å². The lowest BCUT2D eigenvalue weighted by molar-refractivity contribution is 0.0630. The fraction of sp³-hybridized carbons (Fsp3) is 0.357. The molecule has 1 heterocycles. The van der Waals surface area contributed by atoms with Crippen molar-refractivity contribution in [2.75, 3.05) is 7.11 Å². The van der Waals surface area contributed by atoms with E-state index in [2.05, 4.69) is 4.98 Å². The summed E-state index contributed by atoms with van der Waals surface area (Å²) < 4.78 is 36.8. The van der Waals surface area contributed by atoms with Gasteiger partial charge < -0.3 is 14.6 Å². The van der Waals surface area contributed by atoms with Gasteiger partial charge in [0.2, 0.25) is 0 Å². The Labute approximate surface area is 120 Å². The molecular weight excluding hydrogens is 282 g/mol. The number of ether oxygens (including phenoxy) is 2. The fourth-order valence-electron chi connectivity index (χ4n) is 1.89. The molecule has 1 N–H and O–H groups in total. The standard InChI is InChI=1S/C14H16F2N2O3/c1-9(19)11-4-3-10(20-2)7-12(11)21-8-13-17-5-6-18(13)14(15)16/h3-7,9,14,19H,8H2,1-2H3/t9-/m1/s1. The van der Waals surface area contributed by atoms with Gasteiger partial charge >= 0.3 is 6.55 Å². The van der Waals surface area contributed by atoms with E-state index in [1.54, 1.807) is 25.1 Å².